The summed E-state index contributed by atoms with van der Waals surface area (Å²) in [6.45, 7) is 1.61. The van der Waals surface area contributed by atoms with Gasteiger partial charge in [-0.3, -0.25) is 4.57 Å². The van der Waals surface area contributed by atoms with Crippen LogP contribution in [0.1, 0.15) is 6.92 Å². The number of hydrogen-bond acceptors (Lipinski definition) is 3. The van der Waals surface area contributed by atoms with Gasteiger partial charge >= 0.3 is 0 Å². The Morgan fingerprint density at radius 2 is 1.71 bits per heavy atom. The quantitative estimate of drug-likeness (QED) is 0.334. The maximum absolute atomic E-state index is 14.4. The molecule has 3 aromatic carbocycles. The standard InChI is InChI=1S/C23H17Cl2FN2O2S/c1-2-31(29,30)17-6-3-5-15(13-17)16-9-10-21(19(25)14-16)28-12-11-27-23(28)22-18(24)7-4-8-20(22)26/h3-14H,2H2,1H3. The van der Waals surface area contributed by atoms with E-state index in [4.69, 9.17) is 23.2 Å². The fourth-order valence-corrected chi connectivity index (χ4v) is 4.76. The lowest BCUT2D eigenvalue weighted by atomic mass is 10.1. The lowest BCUT2D eigenvalue weighted by molar-refractivity contribution is 0.597. The summed E-state index contributed by atoms with van der Waals surface area (Å²) >= 11 is 12.8. The molecular formula is C23H17Cl2FN2O2S. The average Bonchev–Trinajstić information content (AvgIpc) is 3.22. The molecule has 0 N–H and O–H groups in total. The Morgan fingerprint density at radius 1 is 0.968 bits per heavy atom. The second-order valence-electron chi connectivity index (χ2n) is 6.81. The van der Waals surface area contributed by atoms with Gasteiger partial charge in [0.25, 0.3) is 0 Å². The molecule has 0 aliphatic carbocycles. The van der Waals surface area contributed by atoms with Crippen LogP contribution in [-0.2, 0) is 9.84 Å². The lowest BCUT2D eigenvalue weighted by Gasteiger charge is -2.13. The molecule has 0 saturated carbocycles. The number of sulfone groups is 1. The molecule has 158 valence electrons. The third-order valence-electron chi connectivity index (χ3n) is 4.94. The van der Waals surface area contributed by atoms with Gasteiger partial charge < -0.3 is 0 Å². The highest BCUT2D eigenvalue weighted by atomic mass is 35.5. The van der Waals surface area contributed by atoms with Crippen molar-refractivity contribution in [2.24, 2.45) is 0 Å². The Bertz CT molecular complexity index is 1360. The maximum atomic E-state index is 14.4. The van der Waals surface area contributed by atoms with E-state index in [2.05, 4.69) is 4.98 Å². The van der Waals surface area contributed by atoms with E-state index in [-0.39, 0.29) is 21.2 Å². The number of hydrogen-bond donors (Lipinski definition) is 0. The predicted molar refractivity (Wildman–Crippen MR) is 122 cm³/mol. The van der Waals surface area contributed by atoms with Crippen molar-refractivity contribution < 1.29 is 12.8 Å². The molecule has 0 saturated heterocycles. The van der Waals surface area contributed by atoms with E-state index in [0.717, 1.165) is 11.1 Å². The van der Waals surface area contributed by atoms with Gasteiger partial charge in [-0.2, -0.15) is 0 Å². The summed E-state index contributed by atoms with van der Waals surface area (Å²) in [4.78, 5) is 4.53. The molecule has 0 bridgehead atoms. The first-order chi connectivity index (χ1) is 14.8. The van der Waals surface area contributed by atoms with Crippen LogP contribution in [0.4, 0.5) is 4.39 Å². The number of aromatic nitrogens is 2. The van der Waals surface area contributed by atoms with Gasteiger partial charge in [-0.1, -0.05) is 54.4 Å². The molecule has 4 nitrogen and oxygen atoms in total. The third kappa shape index (κ3) is 4.11. The largest absolute Gasteiger partial charge is 0.298 e. The molecule has 1 aromatic heterocycles. The van der Waals surface area contributed by atoms with Gasteiger partial charge in [-0.15, -0.1) is 0 Å². The predicted octanol–water partition coefficient (Wildman–Crippen LogP) is 6.45. The van der Waals surface area contributed by atoms with Gasteiger partial charge in [0, 0.05) is 12.4 Å². The normalized spacial score (nSPS) is 11.6. The fraction of sp³-hybridized carbons (Fsp3) is 0.0870. The Kier molecular flexibility index (Phi) is 5.88. The topological polar surface area (TPSA) is 52.0 Å². The Morgan fingerprint density at radius 3 is 2.42 bits per heavy atom. The first-order valence-corrected chi connectivity index (χ1v) is 11.8. The number of benzene rings is 3. The number of nitrogens with zero attached hydrogens (tertiary/aromatic N) is 2. The van der Waals surface area contributed by atoms with Crippen LogP contribution in [0.15, 0.2) is 78.0 Å². The Balaban J connectivity index is 1.78. The van der Waals surface area contributed by atoms with Crippen molar-refractivity contribution in [2.75, 3.05) is 5.75 Å². The van der Waals surface area contributed by atoms with Crippen molar-refractivity contribution in [1.29, 1.82) is 0 Å². The smallest absolute Gasteiger partial charge is 0.178 e. The van der Waals surface area contributed by atoms with Gasteiger partial charge in [0.1, 0.15) is 11.6 Å². The summed E-state index contributed by atoms with van der Waals surface area (Å²) in [6, 6.07) is 16.5. The molecule has 0 unspecified atom stereocenters. The van der Waals surface area contributed by atoms with Crippen LogP contribution in [0.25, 0.3) is 28.2 Å². The minimum atomic E-state index is -3.32. The zero-order chi connectivity index (χ0) is 22.2. The van der Waals surface area contributed by atoms with Crippen LogP contribution in [0, 0.1) is 5.82 Å². The SMILES string of the molecule is CCS(=O)(=O)c1cccc(-c2ccc(-n3ccnc3-c3c(F)cccc3Cl)c(Cl)c2)c1. The van der Waals surface area contributed by atoms with Gasteiger partial charge in [0.2, 0.25) is 0 Å². The monoisotopic (exact) mass is 474 g/mol. The molecule has 0 amide bonds. The summed E-state index contributed by atoms with van der Waals surface area (Å²) in [5.41, 5.74) is 2.26. The van der Waals surface area contributed by atoms with Gasteiger partial charge in [0.15, 0.2) is 9.84 Å². The maximum Gasteiger partial charge on any atom is 0.178 e. The Labute approximate surface area is 189 Å². The summed E-state index contributed by atoms with van der Waals surface area (Å²) in [7, 11) is -3.32. The van der Waals surface area contributed by atoms with Crippen molar-refractivity contribution in [3.63, 3.8) is 0 Å². The highest BCUT2D eigenvalue weighted by Gasteiger charge is 2.18. The van der Waals surface area contributed by atoms with E-state index in [1.54, 1.807) is 60.3 Å². The first kappa shape index (κ1) is 21.6. The van der Waals surface area contributed by atoms with E-state index in [1.807, 2.05) is 12.1 Å². The Hall–Kier alpha value is -2.67. The molecule has 1 heterocycles. The molecule has 0 atom stereocenters. The molecule has 0 fully saturated rings. The first-order valence-electron chi connectivity index (χ1n) is 9.42. The highest BCUT2D eigenvalue weighted by molar-refractivity contribution is 7.91. The minimum absolute atomic E-state index is 0.0260. The number of imidazole rings is 1. The van der Waals surface area contributed by atoms with Gasteiger partial charge in [0.05, 0.1) is 31.9 Å². The van der Waals surface area contributed by atoms with Crippen molar-refractivity contribution in [3.8, 4) is 28.2 Å². The van der Waals surface area contributed by atoms with Gasteiger partial charge in [-0.05, 0) is 47.5 Å². The third-order valence-corrected chi connectivity index (χ3v) is 7.29. The zero-order valence-electron chi connectivity index (χ0n) is 16.4. The highest BCUT2D eigenvalue weighted by Crippen LogP contribution is 2.34. The van der Waals surface area contributed by atoms with Crippen molar-refractivity contribution in [3.05, 3.63) is 88.9 Å². The molecule has 4 aromatic rings. The molecular weight excluding hydrogens is 458 g/mol. The zero-order valence-corrected chi connectivity index (χ0v) is 18.7. The molecule has 0 spiro atoms. The minimum Gasteiger partial charge on any atom is -0.298 e. The van der Waals surface area contributed by atoms with Crippen LogP contribution >= 0.6 is 23.2 Å². The van der Waals surface area contributed by atoms with Crippen LogP contribution < -0.4 is 0 Å². The van der Waals surface area contributed by atoms with Crippen LogP contribution in [0.2, 0.25) is 10.0 Å². The van der Waals surface area contributed by atoms with E-state index in [1.165, 1.54) is 12.1 Å². The molecule has 8 heteroatoms. The van der Waals surface area contributed by atoms with E-state index in [9.17, 15) is 12.8 Å². The van der Waals surface area contributed by atoms with E-state index in [0.29, 0.717) is 16.5 Å². The van der Waals surface area contributed by atoms with Crippen LogP contribution in [-0.4, -0.2) is 23.7 Å². The van der Waals surface area contributed by atoms with Crippen molar-refractivity contribution in [1.82, 2.24) is 9.55 Å². The summed E-state index contributed by atoms with van der Waals surface area (Å²) < 4.78 is 40.5. The summed E-state index contributed by atoms with van der Waals surface area (Å²) in [5, 5.41) is 0.641. The second-order valence-corrected chi connectivity index (χ2v) is 9.91. The fourth-order valence-electron chi connectivity index (χ4n) is 3.31. The number of rotatable bonds is 5. The lowest BCUT2D eigenvalue weighted by Crippen LogP contribution is -2.03. The van der Waals surface area contributed by atoms with Crippen LogP contribution in [0.3, 0.4) is 0 Å². The molecule has 0 radical (unpaired) electrons. The van der Waals surface area contributed by atoms with Crippen molar-refractivity contribution in [2.45, 2.75) is 11.8 Å². The van der Waals surface area contributed by atoms with Crippen molar-refractivity contribution >= 4 is 33.0 Å². The second kappa shape index (κ2) is 8.46. The average molecular weight is 475 g/mol. The van der Waals surface area contributed by atoms with E-state index >= 15 is 0 Å². The summed E-state index contributed by atoms with van der Waals surface area (Å²) in [6.07, 6.45) is 3.22. The van der Waals surface area contributed by atoms with E-state index < -0.39 is 15.7 Å². The van der Waals surface area contributed by atoms with Crippen LogP contribution in [0.5, 0.6) is 0 Å². The van der Waals surface area contributed by atoms with Gasteiger partial charge in [-0.25, -0.2) is 17.8 Å². The summed E-state index contributed by atoms with van der Waals surface area (Å²) in [5.74, 6) is -0.131. The molecule has 4 rings (SSSR count). The molecule has 0 aliphatic heterocycles. The number of halogens is 3. The molecule has 31 heavy (non-hydrogen) atoms. The molecule has 0 aliphatic rings.